The van der Waals surface area contributed by atoms with Crippen LogP contribution in [-0.2, 0) is 9.53 Å². The second kappa shape index (κ2) is 10.3. The Bertz CT molecular complexity index is 1290. The lowest BCUT2D eigenvalue weighted by Crippen LogP contribution is -2.65. The van der Waals surface area contributed by atoms with Crippen LogP contribution in [0, 0.1) is 29.2 Å². The van der Waals surface area contributed by atoms with Crippen LogP contribution in [0.3, 0.4) is 0 Å². The molecule has 0 spiro atoms. The molecule has 6 rings (SSSR count). The van der Waals surface area contributed by atoms with E-state index < -0.39 is 41.4 Å². The van der Waals surface area contributed by atoms with Gasteiger partial charge in [-0.05, 0) is 29.1 Å². The number of Topliss-reactive ketones (excluding diaryl/α,β-unsaturated/α-hetero) is 1. The molecule has 2 atom stereocenters. The van der Waals surface area contributed by atoms with Crippen molar-refractivity contribution in [2.45, 2.75) is 25.0 Å². The van der Waals surface area contributed by atoms with Gasteiger partial charge < -0.3 is 14.5 Å². The molecule has 1 aromatic heterocycles. The molecule has 5 nitrogen and oxygen atoms in total. The first-order chi connectivity index (χ1) is 17.7. The van der Waals surface area contributed by atoms with Crippen LogP contribution in [0.2, 0.25) is 0 Å². The summed E-state index contributed by atoms with van der Waals surface area (Å²) in [5.41, 5.74) is -0.00485. The summed E-state index contributed by atoms with van der Waals surface area (Å²) in [6.07, 6.45) is 1.12. The number of benzene rings is 2. The molecule has 0 saturated carbocycles. The molecular formula is C27H25F4N2O3S+. The van der Waals surface area contributed by atoms with E-state index in [9.17, 15) is 27.2 Å². The Morgan fingerprint density at radius 2 is 1.76 bits per heavy atom. The molecule has 3 fully saturated rings. The summed E-state index contributed by atoms with van der Waals surface area (Å²) in [4.78, 5) is 27.0. The second-order valence-electron chi connectivity index (χ2n) is 9.73. The molecule has 3 aliphatic rings. The Kier molecular flexibility index (Phi) is 7.04. The van der Waals surface area contributed by atoms with Crippen molar-refractivity contribution in [3.8, 4) is 0 Å². The number of nitrogens with one attached hydrogen (secondary N) is 1. The van der Waals surface area contributed by atoms with Crippen LogP contribution in [0.1, 0.15) is 34.1 Å². The van der Waals surface area contributed by atoms with Crippen LogP contribution in [0.5, 0.6) is 0 Å². The largest absolute Gasteiger partial charge is 0.454 e. The molecule has 0 aliphatic carbocycles. The maximum absolute atomic E-state index is 14.0. The Hall–Kier alpha value is -3.24. The number of anilines is 1. The fraction of sp³-hybridized carbons (Fsp3) is 0.333. The van der Waals surface area contributed by atoms with Crippen molar-refractivity contribution in [2.24, 2.45) is 5.92 Å². The average Bonchev–Trinajstić information content (AvgIpc) is 3.41. The minimum absolute atomic E-state index is 0.0556. The number of rotatable bonds is 8. The lowest BCUT2D eigenvalue weighted by Gasteiger charge is -2.51. The van der Waals surface area contributed by atoms with E-state index >= 15 is 0 Å². The van der Waals surface area contributed by atoms with Gasteiger partial charge in [-0.3, -0.25) is 4.79 Å². The predicted molar refractivity (Wildman–Crippen MR) is 130 cm³/mol. The highest BCUT2D eigenvalue weighted by molar-refractivity contribution is 7.12. The normalized spacial score (nSPS) is 23.5. The van der Waals surface area contributed by atoms with E-state index in [0.717, 1.165) is 44.1 Å². The number of nitrogens with zero attached hydrogens (tertiary/aromatic N) is 1. The summed E-state index contributed by atoms with van der Waals surface area (Å²) in [5.74, 6) is -5.66. The fourth-order valence-electron chi connectivity index (χ4n) is 5.38. The smallest absolute Gasteiger partial charge is 0.333 e. The number of quaternary nitrogens is 1. The van der Waals surface area contributed by atoms with E-state index in [0.29, 0.717) is 22.4 Å². The van der Waals surface area contributed by atoms with Gasteiger partial charge in [-0.15, -0.1) is 11.3 Å². The van der Waals surface area contributed by atoms with Crippen molar-refractivity contribution in [3.05, 3.63) is 87.6 Å². The number of ketones is 1. The summed E-state index contributed by atoms with van der Waals surface area (Å²) in [6, 6.07) is 9.02. The quantitative estimate of drug-likeness (QED) is 0.137. The van der Waals surface area contributed by atoms with Gasteiger partial charge in [-0.2, -0.15) is 0 Å². The van der Waals surface area contributed by atoms with Crippen LogP contribution in [0.4, 0.5) is 23.2 Å². The third-order valence-electron chi connectivity index (χ3n) is 7.30. The SMILES string of the molecule is O=C(C[N+]12CCC(CC1)[C@@H](OC(=O)C(Nc1cc(F)c(F)c(F)c1)c1cccc(F)c1)C2)c1cccs1. The number of thiophene rings is 1. The number of hydrogen-bond donors (Lipinski definition) is 1. The van der Waals surface area contributed by atoms with Crippen molar-refractivity contribution in [1.29, 1.82) is 0 Å². The van der Waals surface area contributed by atoms with Crippen LogP contribution in [0.15, 0.2) is 53.9 Å². The number of ether oxygens (including phenoxy) is 1. The summed E-state index contributed by atoms with van der Waals surface area (Å²) in [5, 5.41) is 4.54. The van der Waals surface area contributed by atoms with Crippen LogP contribution < -0.4 is 5.32 Å². The monoisotopic (exact) mass is 533 g/mol. The second-order valence-corrected chi connectivity index (χ2v) is 10.7. The van der Waals surface area contributed by atoms with Crippen molar-refractivity contribution in [1.82, 2.24) is 0 Å². The Balaban J connectivity index is 1.36. The van der Waals surface area contributed by atoms with Gasteiger partial charge in [0.25, 0.3) is 0 Å². The van der Waals surface area contributed by atoms with Gasteiger partial charge in [-0.25, -0.2) is 22.4 Å². The summed E-state index contributed by atoms with van der Waals surface area (Å²) in [7, 11) is 0. The molecule has 1 unspecified atom stereocenters. The van der Waals surface area contributed by atoms with Gasteiger partial charge in [0.2, 0.25) is 5.78 Å². The van der Waals surface area contributed by atoms with E-state index in [-0.39, 0.29) is 23.0 Å². The molecule has 3 aliphatic heterocycles. The number of carbonyl (C=O) groups excluding carboxylic acids is 2. The molecule has 0 radical (unpaired) electrons. The summed E-state index contributed by atoms with van der Waals surface area (Å²) >= 11 is 1.40. The lowest BCUT2D eigenvalue weighted by molar-refractivity contribution is -0.938. The molecule has 1 N–H and O–H groups in total. The molecule has 4 heterocycles. The van der Waals surface area contributed by atoms with Crippen molar-refractivity contribution >= 4 is 28.8 Å². The van der Waals surface area contributed by atoms with Crippen LogP contribution in [-0.4, -0.2) is 48.5 Å². The van der Waals surface area contributed by atoms with E-state index in [2.05, 4.69) is 5.32 Å². The van der Waals surface area contributed by atoms with Gasteiger partial charge in [-0.1, -0.05) is 18.2 Å². The third kappa shape index (κ3) is 5.40. The molecular weight excluding hydrogens is 508 g/mol. The number of hydrogen-bond acceptors (Lipinski definition) is 5. The van der Waals surface area contributed by atoms with Gasteiger partial charge in [0, 0.05) is 36.6 Å². The molecule has 2 aromatic carbocycles. The average molecular weight is 534 g/mol. The molecule has 0 amide bonds. The van der Waals surface area contributed by atoms with Gasteiger partial charge in [0.1, 0.15) is 18.9 Å². The van der Waals surface area contributed by atoms with Gasteiger partial charge in [0.15, 0.2) is 29.6 Å². The molecule has 10 heteroatoms. The summed E-state index contributed by atoms with van der Waals surface area (Å²) < 4.78 is 61.5. The lowest BCUT2D eigenvalue weighted by atomic mass is 9.83. The van der Waals surface area contributed by atoms with Crippen molar-refractivity contribution in [2.75, 3.05) is 31.5 Å². The summed E-state index contributed by atoms with van der Waals surface area (Å²) in [6.45, 7) is 2.43. The first-order valence-electron chi connectivity index (χ1n) is 12.0. The topological polar surface area (TPSA) is 55.4 Å². The highest BCUT2D eigenvalue weighted by Gasteiger charge is 2.49. The standard InChI is InChI=1S/C27H25F4N2O3S/c28-18-4-1-3-17(11-18)26(32-19-12-20(29)25(31)21(30)13-19)27(35)36-23-15-33(8-6-16(23)7-9-33)14-22(34)24-5-2-10-37-24/h1-5,10-13,16,23,26,32H,6-9,14-15H2/q+1/t16?,23-,26?,33?/m0/s1. The zero-order valence-electron chi connectivity index (χ0n) is 19.8. The zero-order chi connectivity index (χ0) is 26.2. The molecule has 194 valence electrons. The Morgan fingerprint density at radius 1 is 1.03 bits per heavy atom. The van der Waals surface area contributed by atoms with Crippen molar-refractivity contribution in [3.63, 3.8) is 0 Å². The Labute approximate surface area is 215 Å². The molecule has 2 bridgehead atoms. The number of carbonyl (C=O) groups is 2. The fourth-order valence-corrected chi connectivity index (χ4v) is 6.04. The van der Waals surface area contributed by atoms with Crippen LogP contribution in [0.25, 0.3) is 0 Å². The van der Waals surface area contributed by atoms with E-state index in [4.69, 9.17) is 4.74 Å². The zero-order valence-corrected chi connectivity index (χ0v) is 20.6. The highest BCUT2D eigenvalue weighted by Crippen LogP contribution is 2.37. The van der Waals surface area contributed by atoms with Crippen LogP contribution >= 0.6 is 11.3 Å². The molecule has 37 heavy (non-hydrogen) atoms. The number of esters is 1. The van der Waals surface area contributed by atoms with Crippen molar-refractivity contribution < 1.29 is 36.4 Å². The Morgan fingerprint density at radius 3 is 2.41 bits per heavy atom. The minimum atomic E-state index is -1.63. The van der Waals surface area contributed by atoms with Gasteiger partial charge >= 0.3 is 5.97 Å². The van der Waals surface area contributed by atoms with E-state index in [1.54, 1.807) is 6.07 Å². The van der Waals surface area contributed by atoms with Gasteiger partial charge in [0.05, 0.1) is 18.0 Å². The number of fused-ring (bicyclic) bond motifs is 3. The highest BCUT2D eigenvalue weighted by atomic mass is 32.1. The molecule has 3 aromatic rings. The first-order valence-corrected chi connectivity index (χ1v) is 12.9. The number of halogens is 4. The minimum Gasteiger partial charge on any atom is -0.454 e. The molecule has 3 saturated heterocycles. The third-order valence-corrected chi connectivity index (χ3v) is 8.21. The number of piperidine rings is 3. The van der Waals surface area contributed by atoms with E-state index in [1.165, 1.54) is 29.5 Å². The first kappa shape index (κ1) is 25.4. The maximum Gasteiger partial charge on any atom is 0.333 e. The maximum atomic E-state index is 14.0. The van der Waals surface area contributed by atoms with E-state index in [1.807, 2.05) is 11.4 Å². The predicted octanol–water partition coefficient (Wildman–Crippen LogP) is 5.49.